The Morgan fingerprint density at radius 1 is 1.35 bits per heavy atom. The highest BCUT2D eigenvalue weighted by atomic mass is 16.5. The summed E-state index contributed by atoms with van der Waals surface area (Å²) in [6.45, 7) is 7.27. The van der Waals surface area contributed by atoms with E-state index in [2.05, 4.69) is 28.7 Å². The van der Waals surface area contributed by atoms with Gasteiger partial charge in [-0.3, -0.25) is 4.90 Å². The molecule has 1 aliphatic heterocycles. The molecule has 1 saturated heterocycles. The Balaban J connectivity index is 1.64. The first kappa shape index (κ1) is 13.4. The number of nitrogen functional groups attached to an aromatic ring is 1. The molecule has 0 bridgehead atoms. The second-order valence-corrected chi connectivity index (χ2v) is 5.73. The van der Waals surface area contributed by atoms with Crippen LogP contribution in [0.5, 0.6) is 0 Å². The molecule has 0 unspecified atom stereocenters. The predicted octanol–water partition coefficient (Wildman–Crippen LogP) is 1.80. The van der Waals surface area contributed by atoms with Crippen LogP contribution in [0.25, 0.3) is 11.0 Å². The Hall–Kier alpha value is -1.59. The molecule has 1 aromatic heterocycles. The topological polar surface area (TPSA) is 67.2 Å². The molecule has 2 aromatic rings. The molecule has 3 rings (SSSR count). The molecule has 2 heterocycles. The molecule has 1 aliphatic rings. The Labute approximate surface area is 119 Å². The number of nitrogens with one attached hydrogen (secondary N) is 1. The lowest BCUT2D eigenvalue weighted by Crippen LogP contribution is -2.46. The summed E-state index contributed by atoms with van der Waals surface area (Å²) < 4.78 is 5.75. The normalized spacial score (nSPS) is 24.3. The lowest BCUT2D eigenvalue weighted by atomic mass is 10.2. The monoisotopic (exact) mass is 274 g/mol. The van der Waals surface area contributed by atoms with E-state index in [0.717, 1.165) is 48.6 Å². The van der Waals surface area contributed by atoms with Gasteiger partial charge in [0.1, 0.15) is 5.82 Å². The Kier molecular flexibility index (Phi) is 3.63. The van der Waals surface area contributed by atoms with Crippen LogP contribution in [0.1, 0.15) is 19.7 Å². The number of aromatic nitrogens is 2. The van der Waals surface area contributed by atoms with E-state index >= 15 is 0 Å². The van der Waals surface area contributed by atoms with Crippen LogP contribution in [-0.4, -0.2) is 46.7 Å². The molecular weight excluding hydrogens is 252 g/mol. The smallest absolute Gasteiger partial charge is 0.108 e. The van der Waals surface area contributed by atoms with Gasteiger partial charge in [0.2, 0.25) is 0 Å². The summed E-state index contributed by atoms with van der Waals surface area (Å²) in [7, 11) is 0. The largest absolute Gasteiger partial charge is 0.399 e. The summed E-state index contributed by atoms with van der Waals surface area (Å²) in [4.78, 5) is 10.4. The van der Waals surface area contributed by atoms with E-state index in [-0.39, 0.29) is 0 Å². The van der Waals surface area contributed by atoms with E-state index in [1.807, 2.05) is 18.2 Å². The number of hydrogen-bond acceptors (Lipinski definition) is 4. The van der Waals surface area contributed by atoms with Crippen molar-refractivity contribution in [1.82, 2.24) is 14.9 Å². The average Bonchev–Trinajstić information content (AvgIpc) is 2.77. The van der Waals surface area contributed by atoms with E-state index in [1.165, 1.54) is 0 Å². The number of anilines is 1. The number of benzene rings is 1. The predicted molar refractivity (Wildman–Crippen MR) is 80.7 cm³/mol. The minimum absolute atomic E-state index is 0.314. The Bertz CT molecular complexity index is 585. The highest BCUT2D eigenvalue weighted by Gasteiger charge is 2.21. The number of nitrogens with zero attached hydrogens (tertiary/aromatic N) is 2. The van der Waals surface area contributed by atoms with Crippen LogP contribution in [0.2, 0.25) is 0 Å². The summed E-state index contributed by atoms with van der Waals surface area (Å²) >= 11 is 0. The maximum Gasteiger partial charge on any atom is 0.108 e. The van der Waals surface area contributed by atoms with Crippen molar-refractivity contribution in [3.05, 3.63) is 24.0 Å². The van der Waals surface area contributed by atoms with Crippen LogP contribution in [0.15, 0.2) is 18.2 Å². The van der Waals surface area contributed by atoms with Gasteiger partial charge in [-0.05, 0) is 32.0 Å². The number of rotatable bonds is 3. The van der Waals surface area contributed by atoms with Gasteiger partial charge in [-0.25, -0.2) is 4.98 Å². The highest BCUT2D eigenvalue weighted by Crippen LogP contribution is 2.16. The second-order valence-electron chi connectivity index (χ2n) is 5.73. The SMILES string of the molecule is C[C@@H]1CN(CCc2nc3ccc(N)cc3[nH]2)C[C@H](C)O1. The zero-order chi connectivity index (χ0) is 14.1. The van der Waals surface area contributed by atoms with Crippen LogP contribution < -0.4 is 5.73 Å². The van der Waals surface area contributed by atoms with E-state index in [1.54, 1.807) is 0 Å². The molecule has 0 spiro atoms. The molecule has 0 amide bonds. The Morgan fingerprint density at radius 3 is 2.85 bits per heavy atom. The fourth-order valence-electron chi connectivity index (χ4n) is 2.93. The fourth-order valence-corrected chi connectivity index (χ4v) is 2.93. The van der Waals surface area contributed by atoms with Gasteiger partial charge in [-0.15, -0.1) is 0 Å². The Morgan fingerprint density at radius 2 is 2.10 bits per heavy atom. The van der Waals surface area contributed by atoms with Crippen LogP contribution in [-0.2, 0) is 11.2 Å². The summed E-state index contributed by atoms with van der Waals surface area (Å²) in [6.07, 6.45) is 1.55. The third-order valence-corrected chi connectivity index (χ3v) is 3.72. The minimum atomic E-state index is 0.314. The average molecular weight is 274 g/mol. The third kappa shape index (κ3) is 2.94. The number of morpholine rings is 1. The number of nitrogens with two attached hydrogens (primary N) is 1. The van der Waals surface area contributed by atoms with Gasteiger partial charge in [0, 0.05) is 31.7 Å². The summed E-state index contributed by atoms with van der Waals surface area (Å²) in [6, 6.07) is 5.78. The van der Waals surface area contributed by atoms with E-state index < -0.39 is 0 Å². The second kappa shape index (κ2) is 5.42. The van der Waals surface area contributed by atoms with Crippen molar-refractivity contribution in [2.24, 2.45) is 0 Å². The summed E-state index contributed by atoms with van der Waals surface area (Å²) in [5, 5.41) is 0. The minimum Gasteiger partial charge on any atom is -0.399 e. The van der Waals surface area contributed by atoms with Crippen molar-refractivity contribution >= 4 is 16.7 Å². The maximum atomic E-state index is 5.78. The van der Waals surface area contributed by atoms with Crippen molar-refractivity contribution in [2.45, 2.75) is 32.5 Å². The van der Waals surface area contributed by atoms with Crippen LogP contribution >= 0.6 is 0 Å². The lowest BCUT2D eigenvalue weighted by Gasteiger charge is -2.35. The third-order valence-electron chi connectivity index (χ3n) is 3.72. The first-order valence-electron chi connectivity index (χ1n) is 7.22. The molecule has 5 heteroatoms. The van der Waals surface area contributed by atoms with Gasteiger partial charge in [0.15, 0.2) is 0 Å². The number of H-pyrrole nitrogens is 1. The number of imidazole rings is 1. The standard InChI is InChI=1S/C15H22N4O/c1-10-8-19(9-11(2)20-10)6-5-15-17-13-4-3-12(16)7-14(13)18-15/h3-4,7,10-11H,5-6,8-9,16H2,1-2H3,(H,17,18)/t10-,11+. The van der Waals surface area contributed by atoms with Crippen molar-refractivity contribution in [1.29, 1.82) is 0 Å². The summed E-state index contributed by atoms with van der Waals surface area (Å²) in [5.41, 5.74) is 8.55. The van der Waals surface area contributed by atoms with E-state index in [4.69, 9.17) is 10.5 Å². The van der Waals surface area contributed by atoms with Gasteiger partial charge in [0.25, 0.3) is 0 Å². The van der Waals surface area contributed by atoms with Crippen molar-refractivity contribution in [3.63, 3.8) is 0 Å². The van der Waals surface area contributed by atoms with Gasteiger partial charge in [-0.1, -0.05) is 0 Å². The first-order chi connectivity index (χ1) is 9.60. The molecule has 108 valence electrons. The zero-order valence-electron chi connectivity index (χ0n) is 12.1. The molecule has 20 heavy (non-hydrogen) atoms. The van der Waals surface area contributed by atoms with Gasteiger partial charge in [0.05, 0.1) is 23.2 Å². The molecule has 1 aromatic carbocycles. The quantitative estimate of drug-likeness (QED) is 0.838. The number of hydrogen-bond donors (Lipinski definition) is 2. The van der Waals surface area contributed by atoms with E-state index in [9.17, 15) is 0 Å². The zero-order valence-corrected chi connectivity index (χ0v) is 12.1. The molecule has 2 atom stereocenters. The number of ether oxygens (including phenoxy) is 1. The van der Waals surface area contributed by atoms with Gasteiger partial charge < -0.3 is 15.5 Å². The highest BCUT2D eigenvalue weighted by molar-refractivity contribution is 5.78. The van der Waals surface area contributed by atoms with E-state index in [0.29, 0.717) is 12.2 Å². The van der Waals surface area contributed by atoms with Crippen molar-refractivity contribution < 1.29 is 4.74 Å². The molecule has 0 radical (unpaired) electrons. The van der Waals surface area contributed by atoms with Crippen LogP contribution in [0.3, 0.4) is 0 Å². The molecule has 1 fully saturated rings. The van der Waals surface area contributed by atoms with Gasteiger partial charge in [-0.2, -0.15) is 0 Å². The van der Waals surface area contributed by atoms with Crippen molar-refractivity contribution in [3.8, 4) is 0 Å². The lowest BCUT2D eigenvalue weighted by molar-refractivity contribution is -0.0676. The molecule has 5 nitrogen and oxygen atoms in total. The molecule has 0 saturated carbocycles. The van der Waals surface area contributed by atoms with Crippen molar-refractivity contribution in [2.75, 3.05) is 25.4 Å². The number of fused-ring (bicyclic) bond motifs is 1. The summed E-state index contributed by atoms with van der Waals surface area (Å²) in [5.74, 6) is 1.03. The fraction of sp³-hybridized carbons (Fsp3) is 0.533. The molecular formula is C15H22N4O. The number of aromatic amines is 1. The molecule has 0 aliphatic carbocycles. The van der Waals surface area contributed by atoms with Gasteiger partial charge >= 0.3 is 0 Å². The van der Waals surface area contributed by atoms with Crippen LogP contribution in [0, 0.1) is 0 Å². The first-order valence-corrected chi connectivity index (χ1v) is 7.22. The molecule has 3 N–H and O–H groups in total. The maximum absolute atomic E-state index is 5.78. The van der Waals surface area contributed by atoms with Crippen LogP contribution in [0.4, 0.5) is 5.69 Å².